The fourth-order valence-electron chi connectivity index (χ4n) is 3.59. The first-order chi connectivity index (χ1) is 9.08. The predicted octanol–water partition coefficient (Wildman–Crippen LogP) is 5.78. The van der Waals surface area contributed by atoms with E-state index in [1.165, 1.54) is 25.7 Å². The quantitative estimate of drug-likeness (QED) is 0.645. The van der Waals surface area contributed by atoms with Crippen LogP contribution in [0.15, 0.2) is 24.3 Å². The second kappa shape index (κ2) is 6.54. The van der Waals surface area contributed by atoms with Crippen LogP contribution in [-0.2, 0) is 0 Å². The number of benzene rings is 1. The molecule has 0 heterocycles. The van der Waals surface area contributed by atoms with Crippen molar-refractivity contribution in [2.24, 2.45) is 17.8 Å². The van der Waals surface area contributed by atoms with E-state index in [1.54, 1.807) is 12.1 Å². The van der Waals surface area contributed by atoms with Crippen LogP contribution < -0.4 is 0 Å². The SMILES string of the molecule is CC(C)C1CCC(C[C@@H](C)c2ccccc2F)CC1. The van der Waals surface area contributed by atoms with Crippen LogP contribution in [0.2, 0.25) is 0 Å². The van der Waals surface area contributed by atoms with Crippen molar-refractivity contribution in [2.75, 3.05) is 0 Å². The molecule has 1 saturated carbocycles. The first-order valence-corrected chi connectivity index (χ1v) is 7.82. The summed E-state index contributed by atoms with van der Waals surface area (Å²) >= 11 is 0. The van der Waals surface area contributed by atoms with Gasteiger partial charge in [-0.1, -0.05) is 51.8 Å². The van der Waals surface area contributed by atoms with Gasteiger partial charge in [0.2, 0.25) is 0 Å². The van der Waals surface area contributed by atoms with Gasteiger partial charge in [-0.05, 0) is 54.6 Å². The van der Waals surface area contributed by atoms with Crippen molar-refractivity contribution in [2.45, 2.75) is 58.8 Å². The minimum atomic E-state index is -0.0362. The van der Waals surface area contributed by atoms with Crippen molar-refractivity contribution in [1.82, 2.24) is 0 Å². The Hall–Kier alpha value is -0.850. The zero-order valence-corrected chi connectivity index (χ0v) is 12.5. The molecular weight excluding hydrogens is 235 g/mol. The first kappa shape index (κ1) is 14.6. The maximum atomic E-state index is 13.8. The molecule has 0 amide bonds. The van der Waals surface area contributed by atoms with E-state index in [0.717, 1.165) is 29.7 Å². The van der Waals surface area contributed by atoms with Crippen molar-refractivity contribution in [3.8, 4) is 0 Å². The molecule has 0 nitrogen and oxygen atoms in total. The Morgan fingerprint density at radius 1 is 1.05 bits per heavy atom. The number of rotatable bonds is 4. The molecule has 1 atom stereocenters. The smallest absolute Gasteiger partial charge is 0.126 e. The van der Waals surface area contributed by atoms with Gasteiger partial charge in [-0.3, -0.25) is 0 Å². The molecule has 19 heavy (non-hydrogen) atoms. The summed E-state index contributed by atoms with van der Waals surface area (Å²) in [6, 6.07) is 7.26. The monoisotopic (exact) mass is 262 g/mol. The molecule has 0 bridgehead atoms. The highest BCUT2D eigenvalue weighted by molar-refractivity contribution is 5.21. The molecule has 0 unspecified atom stereocenters. The summed E-state index contributed by atoms with van der Waals surface area (Å²) in [7, 11) is 0. The summed E-state index contributed by atoms with van der Waals surface area (Å²) in [6.07, 6.45) is 6.55. The Morgan fingerprint density at radius 3 is 2.26 bits per heavy atom. The van der Waals surface area contributed by atoms with Crippen molar-refractivity contribution in [3.05, 3.63) is 35.6 Å². The number of halogens is 1. The van der Waals surface area contributed by atoms with Gasteiger partial charge in [-0.2, -0.15) is 0 Å². The molecule has 0 aromatic heterocycles. The summed E-state index contributed by atoms with van der Waals surface area (Å²) in [5.74, 6) is 2.85. The van der Waals surface area contributed by atoms with E-state index in [1.807, 2.05) is 12.1 Å². The van der Waals surface area contributed by atoms with Crippen molar-refractivity contribution >= 4 is 0 Å². The lowest BCUT2D eigenvalue weighted by Crippen LogP contribution is -2.19. The average molecular weight is 262 g/mol. The molecule has 1 aliphatic carbocycles. The van der Waals surface area contributed by atoms with Crippen molar-refractivity contribution in [3.63, 3.8) is 0 Å². The largest absolute Gasteiger partial charge is 0.207 e. The lowest BCUT2D eigenvalue weighted by Gasteiger charge is -2.32. The van der Waals surface area contributed by atoms with Gasteiger partial charge in [0.25, 0.3) is 0 Å². The normalized spacial score (nSPS) is 25.5. The highest BCUT2D eigenvalue weighted by Gasteiger charge is 2.25. The first-order valence-electron chi connectivity index (χ1n) is 7.82. The third-order valence-corrected chi connectivity index (χ3v) is 4.96. The summed E-state index contributed by atoms with van der Waals surface area (Å²) in [5.41, 5.74) is 0.897. The number of hydrogen-bond acceptors (Lipinski definition) is 0. The summed E-state index contributed by atoms with van der Waals surface area (Å²) in [4.78, 5) is 0. The average Bonchev–Trinajstić information content (AvgIpc) is 2.39. The molecule has 0 saturated heterocycles. The molecule has 106 valence electrons. The molecule has 1 aromatic rings. The standard InChI is InChI=1S/C18H27F/c1-13(2)16-10-8-15(9-11-16)12-14(3)17-6-4-5-7-18(17)19/h4-7,13-16H,8-12H2,1-3H3/t14-,15?,16?/m1/s1. The van der Waals surface area contributed by atoms with Gasteiger partial charge >= 0.3 is 0 Å². The molecule has 1 fully saturated rings. The van der Waals surface area contributed by atoms with Crippen LogP contribution in [-0.4, -0.2) is 0 Å². The molecule has 1 heteroatoms. The Balaban J connectivity index is 1.87. The second-order valence-corrected chi connectivity index (χ2v) is 6.68. The maximum absolute atomic E-state index is 13.8. The third kappa shape index (κ3) is 3.81. The molecule has 0 N–H and O–H groups in total. The van der Waals surface area contributed by atoms with Gasteiger partial charge in [0, 0.05) is 0 Å². The highest BCUT2D eigenvalue weighted by Crippen LogP contribution is 2.38. The summed E-state index contributed by atoms with van der Waals surface area (Å²) in [6.45, 7) is 6.85. The van der Waals surface area contributed by atoms with E-state index in [2.05, 4.69) is 20.8 Å². The molecule has 0 spiro atoms. The Morgan fingerprint density at radius 2 is 1.68 bits per heavy atom. The van der Waals surface area contributed by atoms with Crippen molar-refractivity contribution in [1.29, 1.82) is 0 Å². The molecule has 1 aromatic carbocycles. The van der Waals surface area contributed by atoms with Crippen LogP contribution in [0.4, 0.5) is 4.39 Å². The second-order valence-electron chi connectivity index (χ2n) is 6.68. The minimum absolute atomic E-state index is 0.0362. The van der Waals surface area contributed by atoms with Crippen LogP contribution in [0.3, 0.4) is 0 Å². The van der Waals surface area contributed by atoms with Gasteiger partial charge in [0.15, 0.2) is 0 Å². The van der Waals surface area contributed by atoms with Crippen molar-refractivity contribution < 1.29 is 4.39 Å². The molecule has 0 radical (unpaired) electrons. The molecule has 0 aliphatic heterocycles. The zero-order valence-electron chi connectivity index (χ0n) is 12.5. The topological polar surface area (TPSA) is 0 Å². The van der Waals surface area contributed by atoms with E-state index in [9.17, 15) is 4.39 Å². The van der Waals surface area contributed by atoms with Crippen LogP contribution >= 0.6 is 0 Å². The van der Waals surface area contributed by atoms with Gasteiger partial charge in [0.05, 0.1) is 0 Å². The minimum Gasteiger partial charge on any atom is -0.207 e. The van der Waals surface area contributed by atoms with E-state index in [0.29, 0.717) is 5.92 Å². The van der Waals surface area contributed by atoms with Crippen LogP contribution in [0, 0.1) is 23.6 Å². The van der Waals surface area contributed by atoms with Crippen LogP contribution in [0.25, 0.3) is 0 Å². The van der Waals surface area contributed by atoms with Gasteiger partial charge in [-0.25, -0.2) is 4.39 Å². The lowest BCUT2D eigenvalue weighted by atomic mass is 9.74. The maximum Gasteiger partial charge on any atom is 0.126 e. The van der Waals surface area contributed by atoms with Crippen LogP contribution in [0.5, 0.6) is 0 Å². The molecule has 2 rings (SSSR count). The van der Waals surface area contributed by atoms with E-state index < -0.39 is 0 Å². The van der Waals surface area contributed by atoms with Gasteiger partial charge in [-0.15, -0.1) is 0 Å². The van der Waals surface area contributed by atoms with Crippen LogP contribution in [0.1, 0.15) is 64.4 Å². The van der Waals surface area contributed by atoms with E-state index in [4.69, 9.17) is 0 Å². The fraction of sp³-hybridized carbons (Fsp3) is 0.667. The van der Waals surface area contributed by atoms with E-state index >= 15 is 0 Å². The van der Waals surface area contributed by atoms with E-state index in [-0.39, 0.29) is 5.82 Å². The predicted molar refractivity (Wildman–Crippen MR) is 79.7 cm³/mol. The third-order valence-electron chi connectivity index (χ3n) is 4.96. The highest BCUT2D eigenvalue weighted by atomic mass is 19.1. The Kier molecular flexibility index (Phi) is 5.01. The molecular formula is C18H27F. The summed E-state index contributed by atoms with van der Waals surface area (Å²) < 4.78 is 13.8. The lowest BCUT2D eigenvalue weighted by molar-refractivity contribution is 0.211. The summed E-state index contributed by atoms with van der Waals surface area (Å²) in [5, 5.41) is 0. The zero-order chi connectivity index (χ0) is 13.8. The Labute approximate surface area is 117 Å². The fourth-order valence-corrected chi connectivity index (χ4v) is 3.59. The Bertz CT molecular complexity index is 388. The molecule has 1 aliphatic rings. The number of hydrogen-bond donors (Lipinski definition) is 0. The van der Waals surface area contributed by atoms with Gasteiger partial charge in [0.1, 0.15) is 5.82 Å². The van der Waals surface area contributed by atoms with Gasteiger partial charge < -0.3 is 0 Å².